The van der Waals surface area contributed by atoms with Gasteiger partial charge in [0.2, 0.25) is 5.71 Å². The lowest BCUT2D eigenvalue weighted by molar-refractivity contribution is -0.519. The Bertz CT molecular complexity index is 879. The first-order chi connectivity index (χ1) is 13.4. The van der Waals surface area contributed by atoms with Crippen LogP contribution in [0.2, 0.25) is 0 Å². The van der Waals surface area contributed by atoms with Crippen molar-refractivity contribution in [2.24, 2.45) is 0 Å². The highest BCUT2D eigenvalue weighted by molar-refractivity contribution is 6.05. The molecule has 0 saturated carbocycles. The number of esters is 1. The summed E-state index contributed by atoms with van der Waals surface area (Å²) in [7, 11) is 0. The van der Waals surface area contributed by atoms with Crippen LogP contribution in [0, 0.1) is 13.8 Å². The Balaban J connectivity index is 2.42. The smallest absolute Gasteiger partial charge is 0.308 e. The normalized spacial score (nSPS) is 11.5. The monoisotopic (exact) mass is 376 g/mol. The largest absolute Gasteiger partial charge is 0.426 e. The number of aryl methyl sites for hydroxylation is 2. The molecule has 0 saturated heterocycles. The maximum atomic E-state index is 11.5. The number of carbonyl (C=O) groups excluding carboxylic acids is 1. The molecule has 3 heteroatoms. The molecule has 0 unspecified atom stereocenters. The van der Waals surface area contributed by atoms with E-state index in [4.69, 9.17) is 4.74 Å². The van der Waals surface area contributed by atoms with Crippen LogP contribution in [-0.2, 0) is 9.53 Å². The third-order valence-electron chi connectivity index (χ3n) is 4.54. The van der Waals surface area contributed by atoms with E-state index in [0.29, 0.717) is 5.76 Å². The van der Waals surface area contributed by atoms with Crippen LogP contribution in [0.3, 0.4) is 0 Å². The summed E-state index contributed by atoms with van der Waals surface area (Å²) in [4.78, 5) is 11.5. The molecule has 0 spiro atoms. The minimum Gasteiger partial charge on any atom is -0.426 e. The van der Waals surface area contributed by atoms with Gasteiger partial charge < -0.3 is 4.74 Å². The molecule has 2 rings (SSSR count). The molecule has 0 N–H and O–H groups in total. The van der Waals surface area contributed by atoms with Crippen molar-refractivity contribution < 1.29 is 14.1 Å². The van der Waals surface area contributed by atoms with Crippen LogP contribution in [0.4, 0.5) is 0 Å². The second kappa shape index (κ2) is 10.4. The van der Waals surface area contributed by atoms with E-state index in [0.717, 1.165) is 29.9 Å². The van der Waals surface area contributed by atoms with E-state index in [2.05, 4.69) is 55.7 Å². The van der Waals surface area contributed by atoms with Gasteiger partial charge >= 0.3 is 5.97 Å². The molecule has 28 heavy (non-hydrogen) atoms. The Morgan fingerprint density at radius 2 is 1.39 bits per heavy atom. The predicted octanol–water partition coefficient (Wildman–Crippen LogP) is 5.31. The van der Waals surface area contributed by atoms with Crippen molar-refractivity contribution in [3.05, 3.63) is 89.0 Å². The summed E-state index contributed by atoms with van der Waals surface area (Å²) >= 11 is 0. The van der Waals surface area contributed by atoms with Gasteiger partial charge in [0.25, 0.3) is 0 Å². The Labute approximate surface area is 168 Å². The third kappa shape index (κ3) is 6.05. The average Bonchev–Trinajstić information content (AvgIpc) is 2.68. The molecular weight excluding hydrogens is 346 g/mol. The summed E-state index contributed by atoms with van der Waals surface area (Å²) in [6.07, 6.45) is 5.88. The van der Waals surface area contributed by atoms with E-state index in [1.54, 1.807) is 0 Å². The molecule has 0 heterocycles. The maximum absolute atomic E-state index is 11.5. The van der Waals surface area contributed by atoms with Crippen molar-refractivity contribution in [1.82, 2.24) is 0 Å². The second-order valence-corrected chi connectivity index (χ2v) is 6.77. The maximum Gasteiger partial charge on any atom is 0.308 e. The fourth-order valence-corrected chi connectivity index (χ4v) is 2.96. The topological polar surface area (TPSA) is 29.3 Å². The molecule has 146 valence electrons. The van der Waals surface area contributed by atoms with Gasteiger partial charge in [-0.2, -0.15) is 0 Å². The summed E-state index contributed by atoms with van der Waals surface area (Å²) < 4.78 is 7.75. The summed E-state index contributed by atoms with van der Waals surface area (Å²) in [6.45, 7) is 11.7. The van der Waals surface area contributed by atoms with Crippen molar-refractivity contribution in [3.8, 4) is 0 Å². The highest BCUT2D eigenvalue weighted by Gasteiger charge is 2.11. The fourth-order valence-electron chi connectivity index (χ4n) is 2.96. The van der Waals surface area contributed by atoms with Crippen LogP contribution < -0.4 is 0 Å². The summed E-state index contributed by atoms with van der Waals surface area (Å²) in [5.41, 5.74) is 5.60. The van der Waals surface area contributed by atoms with Crippen LogP contribution in [0.25, 0.3) is 5.76 Å². The van der Waals surface area contributed by atoms with Gasteiger partial charge in [-0.1, -0.05) is 53.6 Å². The number of nitrogens with zero attached hydrogens (tertiary/aromatic N) is 1. The Morgan fingerprint density at radius 3 is 1.86 bits per heavy atom. The Morgan fingerprint density at radius 1 is 0.893 bits per heavy atom. The van der Waals surface area contributed by atoms with E-state index in [9.17, 15) is 4.79 Å². The van der Waals surface area contributed by atoms with Crippen molar-refractivity contribution in [1.29, 1.82) is 0 Å². The first-order valence-electron chi connectivity index (χ1n) is 9.77. The third-order valence-corrected chi connectivity index (χ3v) is 4.54. The molecule has 0 fully saturated rings. The lowest BCUT2D eigenvalue weighted by Crippen LogP contribution is -2.20. The number of carbonyl (C=O) groups is 1. The van der Waals surface area contributed by atoms with E-state index in [1.807, 2.05) is 43.3 Å². The van der Waals surface area contributed by atoms with Gasteiger partial charge in [-0.05, 0) is 45.9 Å². The van der Waals surface area contributed by atoms with E-state index < -0.39 is 0 Å². The molecule has 0 aliphatic carbocycles. The van der Waals surface area contributed by atoms with Crippen molar-refractivity contribution >= 4 is 17.4 Å². The lowest BCUT2D eigenvalue weighted by Gasteiger charge is -2.07. The van der Waals surface area contributed by atoms with Gasteiger partial charge in [-0.15, -0.1) is 0 Å². The number of hydrogen-bond donors (Lipinski definition) is 0. The standard InChI is InChI=1S/C25H30NO2/c1-6-26(7-2)24(22-15-11-19(3)12-16-22)9-8-10-25(28-21(5)27)23-17-13-20(4)14-18-23/h8-18H,6-7H2,1-5H3/q+1/b9-8+,25-10+. The Kier molecular flexibility index (Phi) is 7.94. The molecule has 2 aromatic rings. The highest BCUT2D eigenvalue weighted by Crippen LogP contribution is 2.17. The first-order valence-corrected chi connectivity index (χ1v) is 9.77. The molecule has 3 nitrogen and oxygen atoms in total. The van der Waals surface area contributed by atoms with Crippen LogP contribution in [0.5, 0.6) is 0 Å². The molecule has 0 aliphatic rings. The van der Waals surface area contributed by atoms with E-state index in [1.165, 1.54) is 18.1 Å². The molecule has 0 aliphatic heterocycles. The highest BCUT2D eigenvalue weighted by atomic mass is 16.5. The number of allylic oxidation sites excluding steroid dienone is 3. The minimum absolute atomic E-state index is 0.327. The summed E-state index contributed by atoms with van der Waals surface area (Å²) in [5, 5.41) is 0. The van der Waals surface area contributed by atoms with Gasteiger partial charge in [0, 0.05) is 24.1 Å². The predicted molar refractivity (Wildman–Crippen MR) is 117 cm³/mol. The van der Waals surface area contributed by atoms with Gasteiger partial charge in [0.15, 0.2) is 0 Å². The van der Waals surface area contributed by atoms with Crippen molar-refractivity contribution in [2.75, 3.05) is 13.1 Å². The minimum atomic E-state index is -0.327. The summed E-state index contributed by atoms with van der Waals surface area (Å²) in [6, 6.07) is 16.5. The quantitative estimate of drug-likeness (QED) is 0.216. The molecule has 2 aromatic carbocycles. The molecule has 0 aromatic heterocycles. The number of benzene rings is 2. The number of rotatable bonds is 7. The SMILES string of the molecule is CC[N+](CC)=C(/C=C/C=C(/OC(C)=O)c1ccc(C)cc1)c1ccc(C)cc1. The molecule has 0 bridgehead atoms. The van der Waals surface area contributed by atoms with Gasteiger partial charge in [-0.3, -0.25) is 4.79 Å². The molecule has 0 radical (unpaired) electrons. The molecule has 0 atom stereocenters. The van der Waals surface area contributed by atoms with Crippen LogP contribution in [-0.4, -0.2) is 29.3 Å². The van der Waals surface area contributed by atoms with Crippen LogP contribution >= 0.6 is 0 Å². The molecule has 0 amide bonds. The van der Waals surface area contributed by atoms with Crippen molar-refractivity contribution in [3.63, 3.8) is 0 Å². The van der Waals surface area contributed by atoms with Crippen molar-refractivity contribution in [2.45, 2.75) is 34.6 Å². The zero-order valence-corrected chi connectivity index (χ0v) is 17.5. The second-order valence-electron chi connectivity index (χ2n) is 6.77. The van der Waals surface area contributed by atoms with Gasteiger partial charge in [-0.25, -0.2) is 4.58 Å². The molecular formula is C25H30NO2+. The number of hydrogen-bond acceptors (Lipinski definition) is 2. The number of ether oxygens (including phenoxy) is 1. The van der Waals surface area contributed by atoms with Gasteiger partial charge in [0.1, 0.15) is 18.8 Å². The van der Waals surface area contributed by atoms with Crippen LogP contribution in [0.1, 0.15) is 43.0 Å². The zero-order valence-electron chi connectivity index (χ0n) is 17.5. The van der Waals surface area contributed by atoms with Gasteiger partial charge in [0.05, 0.1) is 0 Å². The van der Waals surface area contributed by atoms with E-state index in [-0.39, 0.29) is 5.97 Å². The zero-order chi connectivity index (χ0) is 20.5. The average molecular weight is 377 g/mol. The fraction of sp³-hybridized carbons (Fsp3) is 0.280. The first kappa shape index (κ1) is 21.4. The summed E-state index contributed by atoms with van der Waals surface area (Å²) in [5.74, 6) is 0.221. The van der Waals surface area contributed by atoms with Crippen LogP contribution in [0.15, 0.2) is 66.8 Å². The Hall–Kier alpha value is -2.94. The van der Waals surface area contributed by atoms with E-state index >= 15 is 0 Å². The lowest BCUT2D eigenvalue weighted by atomic mass is 10.1.